The van der Waals surface area contributed by atoms with Gasteiger partial charge in [-0.3, -0.25) is 0 Å². The van der Waals surface area contributed by atoms with Gasteiger partial charge in [0.25, 0.3) is 0 Å². The predicted molar refractivity (Wildman–Crippen MR) is 181 cm³/mol. The topological polar surface area (TPSA) is 150 Å². The molecule has 1 aliphatic heterocycles. The Balaban J connectivity index is 0. The second kappa shape index (κ2) is 20.9. The minimum atomic E-state index is 0. The van der Waals surface area contributed by atoms with Crippen molar-refractivity contribution in [2.75, 3.05) is 39.9 Å². The molecule has 256 valence electrons. The van der Waals surface area contributed by atoms with Crippen molar-refractivity contribution in [2.24, 2.45) is 46.8 Å². The fourth-order valence-corrected chi connectivity index (χ4v) is 9.36. The number of likely N-dealkylation sites (tertiary alicyclic amines) is 1. The average molecular weight is 625 g/mol. The Morgan fingerprint density at radius 3 is 2.00 bits per heavy atom. The lowest BCUT2D eigenvalue weighted by Gasteiger charge is -2.49. The van der Waals surface area contributed by atoms with Crippen LogP contribution in [0.5, 0.6) is 0 Å². The van der Waals surface area contributed by atoms with Gasteiger partial charge in [-0.25, -0.2) is 0 Å². The van der Waals surface area contributed by atoms with Gasteiger partial charge in [-0.2, -0.15) is 0 Å². The Kier molecular flexibility index (Phi) is 22.0. The van der Waals surface area contributed by atoms with Crippen LogP contribution in [-0.2, 0) is 4.74 Å². The Morgan fingerprint density at radius 2 is 1.43 bits per heavy atom. The van der Waals surface area contributed by atoms with Gasteiger partial charge in [0.2, 0.25) is 0 Å². The molecule has 0 bridgehead atoms. The third kappa shape index (κ3) is 12.4. The van der Waals surface area contributed by atoms with Crippen molar-refractivity contribution >= 4 is 11.6 Å². The van der Waals surface area contributed by atoms with Crippen LogP contribution in [0.2, 0.25) is 0 Å². The van der Waals surface area contributed by atoms with Crippen LogP contribution in [0, 0.1) is 46.8 Å². The van der Waals surface area contributed by atoms with Crippen LogP contribution in [0.15, 0.2) is 0 Å². The minimum Gasteiger partial charge on any atom is -0.412 e. The largest absolute Gasteiger partial charge is 0.412 e. The summed E-state index contributed by atoms with van der Waals surface area (Å²) < 4.78 is 5.44. The summed E-state index contributed by atoms with van der Waals surface area (Å²) in [6.07, 6.45) is 18.1. The van der Waals surface area contributed by atoms with Crippen molar-refractivity contribution in [3.05, 3.63) is 0 Å². The third-order valence-electron chi connectivity index (χ3n) is 11.4. The van der Waals surface area contributed by atoms with E-state index in [0.717, 1.165) is 42.1 Å². The number of rotatable bonds is 10. The molecule has 0 aromatic heterocycles. The third-order valence-corrected chi connectivity index (χ3v) is 11.8. The molecule has 9 N–H and O–H groups in total. The van der Waals surface area contributed by atoms with E-state index in [9.17, 15) is 0 Å². The number of hydrogen-bond donors (Lipinski definition) is 1. The van der Waals surface area contributed by atoms with E-state index in [-0.39, 0.29) is 29.3 Å². The van der Waals surface area contributed by atoms with Crippen molar-refractivity contribution in [1.82, 2.24) is 10.2 Å². The molecule has 0 aromatic carbocycles. The fraction of sp³-hybridized carbons (Fsp3) is 1.00. The van der Waals surface area contributed by atoms with Gasteiger partial charge in [0.1, 0.15) is 0 Å². The van der Waals surface area contributed by atoms with E-state index in [2.05, 4.69) is 37.9 Å². The molecule has 7 nitrogen and oxygen atoms in total. The summed E-state index contributed by atoms with van der Waals surface area (Å²) in [6.45, 7) is 16.0. The quantitative estimate of drug-likeness (QED) is 0.326. The summed E-state index contributed by atoms with van der Waals surface area (Å²) in [5, 5.41) is 4.56. The van der Waals surface area contributed by atoms with Crippen LogP contribution in [-0.4, -0.2) is 78.1 Å². The van der Waals surface area contributed by atoms with E-state index in [1.54, 1.807) is 0 Å². The highest BCUT2D eigenvalue weighted by atomic mass is 35.5. The second-order valence-corrected chi connectivity index (χ2v) is 15.5. The Morgan fingerprint density at radius 1 is 0.810 bits per heavy atom. The van der Waals surface area contributed by atoms with E-state index in [1.165, 1.54) is 110 Å². The molecule has 3 unspecified atom stereocenters. The summed E-state index contributed by atoms with van der Waals surface area (Å²) in [4.78, 5) is 2.81. The first kappa shape index (κ1) is 44.1. The molecule has 4 atom stereocenters. The fourth-order valence-electron chi connectivity index (χ4n) is 9.11. The highest BCUT2D eigenvalue weighted by Crippen LogP contribution is 2.46. The minimum absolute atomic E-state index is 0. The summed E-state index contributed by atoms with van der Waals surface area (Å²) >= 11 is 6.43. The monoisotopic (exact) mass is 625 g/mol. The van der Waals surface area contributed by atoms with Gasteiger partial charge < -0.3 is 36.9 Å². The van der Waals surface area contributed by atoms with Gasteiger partial charge in [-0.1, -0.05) is 48.0 Å². The molecule has 4 fully saturated rings. The zero-order valence-electron chi connectivity index (χ0n) is 27.2. The van der Waals surface area contributed by atoms with E-state index < -0.39 is 0 Å². The molecule has 0 radical (unpaired) electrons. The zero-order chi connectivity index (χ0) is 26.4. The van der Waals surface area contributed by atoms with E-state index >= 15 is 0 Å². The lowest BCUT2D eigenvalue weighted by Crippen LogP contribution is -2.53. The van der Waals surface area contributed by atoms with Crippen LogP contribution in [0.1, 0.15) is 119 Å². The summed E-state index contributed by atoms with van der Waals surface area (Å²) in [5.41, 5.74) is 0.419. The molecule has 8 heteroatoms. The number of piperidine rings is 1. The van der Waals surface area contributed by atoms with Crippen LogP contribution < -0.4 is 5.32 Å². The molecule has 3 aliphatic carbocycles. The van der Waals surface area contributed by atoms with E-state index in [4.69, 9.17) is 16.3 Å². The van der Waals surface area contributed by atoms with Crippen LogP contribution >= 0.6 is 11.6 Å². The average Bonchev–Trinajstić information content (AvgIpc) is 2.87. The molecule has 1 saturated heterocycles. The van der Waals surface area contributed by atoms with Gasteiger partial charge in [-0.05, 0) is 131 Å². The standard InChI is InChI=1S/C33H61ClN2O.CH4.4H2O/c1-24(2)32(21-36-18-17-31(33(3,4)23-36)28-13-15-30(34)16-14-28)35-20-26-7-6-8-29(19-26)27-11-9-25(10-12-27)22-37-5;;;;;/h24-32,35H,6-23H2,1-5H3;1H4;4*1H2/t25?,26?,27?,28?,29?,30?,31?,32-;;;;;/m0...../s1. The number of alkyl halides is 1. The summed E-state index contributed by atoms with van der Waals surface area (Å²) in [5.74, 6) is 6.15. The molecule has 4 rings (SSSR count). The SMILES string of the molecule is C.COCC1CCC(C2CCCC(CN[C@@H](CN3CCC(C4CCC(Cl)CC4)C(C)(C)C3)C(C)C)C2)CC1.O.O.O.O. The van der Waals surface area contributed by atoms with Crippen LogP contribution in [0.25, 0.3) is 0 Å². The Hall–Kier alpha value is 0.01000. The van der Waals surface area contributed by atoms with Crippen molar-refractivity contribution in [2.45, 2.75) is 130 Å². The normalized spacial score (nSPS) is 33.9. The lowest BCUT2D eigenvalue weighted by atomic mass is 9.64. The maximum atomic E-state index is 6.43. The number of methoxy groups -OCH3 is 1. The van der Waals surface area contributed by atoms with Gasteiger partial charge in [0.15, 0.2) is 0 Å². The van der Waals surface area contributed by atoms with Crippen molar-refractivity contribution in [3.63, 3.8) is 0 Å². The molecule has 0 aromatic rings. The van der Waals surface area contributed by atoms with Gasteiger partial charge in [0, 0.05) is 38.2 Å². The molecule has 0 spiro atoms. The number of halogens is 1. The maximum Gasteiger partial charge on any atom is 0.0490 e. The maximum absolute atomic E-state index is 6.43. The van der Waals surface area contributed by atoms with Crippen LogP contribution in [0.3, 0.4) is 0 Å². The smallest absolute Gasteiger partial charge is 0.0490 e. The van der Waals surface area contributed by atoms with Crippen molar-refractivity contribution in [3.8, 4) is 0 Å². The van der Waals surface area contributed by atoms with Gasteiger partial charge in [0.05, 0.1) is 0 Å². The first-order valence-corrected chi connectivity index (χ1v) is 16.8. The zero-order valence-corrected chi connectivity index (χ0v) is 27.9. The van der Waals surface area contributed by atoms with Crippen molar-refractivity contribution < 1.29 is 26.6 Å². The Labute approximate surface area is 264 Å². The second-order valence-electron chi connectivity index (χ2n) is 14.9. The number of hydrogen-bond acceptors (Lipinski definition) is 3. The summed E-state index contributed by atoms with van der Waals surface area (Å²) in [6, 6.07) is 0.615. The number of nitrogens with one attached hydrogen (secondary N) is 1. The van der Waals surface area contributed by atoms with E-state index in [1.807, 2.05) is 7.11 Å². The summed E-state index contributed by atoms with van der Waals surface area (Å²) in [7, 11) is 1.87. The van der Waals surface area contributed by atoms with Gasteiger partial charge in [-0.15, -0.1) is 11.6 Å². The first-order chi connectivity index (χ1) is 17.7. The number of ether oxygens (including phenoxy) is 1. The molecule has 0 amide bonds. The molecule has 1 heterocycles. The molecule has 4 aliphatic rings. The highest BCUT2D eigenvalue weighted by molar-refractivity contribution is 6.20. The highest BCUT2D eigenvalue weighted by Gasteiger charge is 2.41. The number of nitrogens with zero attached hydrogens (tertiary/aromatic N) is 1. The Bertz CT molecular complexity index is 668. The molecule has 42 heavy (non-hydrogen) atoms. The first-order valence-electron chi connectivity index (χ1n) is 16.3. The van der Waals surface area contributed by atoms with Crippen molar-refractivity contribution in [1.29, 1.82) is 0 Å². The lowest BCUT2D eigenvalue weighted by molar-refractivity contribution is 0.00444. The molecular weight excluding hydrogens is 552 g/mol. The predicted octanol–water partition coefficient (Wildman–Crippen LogP) is 5.34. The molecule has 3 saturated carbocycles. The van der Waals surface area contributed by atoms with E-state index in [0.29, 0.717) is 22.8 Å². The van der Waals surface area contributed by atoms with Gasteiger partial charge >= 0.3 is 0 Å². The molecular formula is C34H73ClN2O5. The van der Waals surface area contributed by atoms with Crippen LogP contribution in [0.4, 0.5) is 0 Å².